The number of nitrogens with zero attached hydrogens (tertiary/aromatic N) is 2. The molecule has 0 radical (unpaired) electrons. The summed E-state index contributed by atoms with van der Waals surface area (Å²) in [5.74, 6) is 0. The maximum Gasteiger partial charge on any atom is 0.0725 e. The van der Waals surface area contributed by atoms with Crippen LogP contribution >= 0.6 is 0 Å². The monoisotopic (exact) mass is 1420 g/mol. The highest BCUT2D eigenvalue weighted by Crippen LogP contribution is 2.66. The van der Waals surface area contributed by atoms with Crippen molar-refractivity contribution in [3.63, 3.8) is 0 Å². The van der Waals surface area contributed by atoms with Gasteiger partial charge in [-0.15, -0.1) is 0 Å². The largest absolute Gasteiger partial charge is 0.309 e. The molecule has 4 aliphatic carbocycles. The highest BCUT2D eigenvalue weighted by atomic mass is 15.0. The topological polar surface area (TPSA) is 9.86 Å². The van der Waals surface area contributed by atoms with Crippen LogP contribution in [0.2, 0.25) is 0 Å². The second kappa shape index (κ2) is 24.0. The number of rotatable bonds is 9. The van der Waals surface area contributed by atoms with Gasteiger partial charge in [-0.1, -0.05) is 340 Å². The van der Waals surface area contributed by atoms with E-state index in [4.69, 9.17) is 0 Å². The van der Waals surface area contributed by atoms with E-state index in [1.807, 2.05) is 0 Å². The molecule has 0 saturated carbocycles. The Morgan fingerprint density at radius 2 is 0.438 bits per heavy atom. The molecule has 24 rings (SSSR count). The van der Waals surface area contributed by atoms with E-state index in [2.05, 4.69) is 422 Å². The van der Waals surface area contributed by atoms with Crippen LogP contribution in [0.4, 0.5) is 0 Å². The maximum atomic E-state index is 2.56. The Morgan fingerprint density at radius 3 is 0.812 bits per heavy atom. The van der Waals surface area contributed by atoms with Crippen molar-refractivity contribution in [2.75, 3.05) is 0 Å². The molecule has 2 aromatic heterocycles. The zero-order valence-electron chi connectivity index (χ0n) is 61.2. The summed E-state index contributed by atoms with van der Waals surface area (Å²) >= 11 is 0. The average Bonchev–Trinajstić information content (AvgIpc) is 1.51. The fourth-order valence-electron chi connectivity index (χ4n) is 20.5. The molecule has 0 bridgehead atoms. The van der Waals surface area contributed by atoms with Crippen molar-refractivity contribution in [3.05, 3.63) is 455 Å². The minimum absolute atomic E-state index is 0.560. The van der Waals surface area contributed by atoms with E-state index in [1.54, 1.807) is 0 Å². The van der Waals surface area contributed by atoms with Crippen LogP contribution in [0.25, 0.3) is 179 Å². The quantitative estimate of drug-likeness (QED) is 0.128. The normalized spacial score (nSPS) is 13.6. The standard InChI is InChI=1S/C110H68N2/c1-3-23-81-75(19-1)21-17-37-103(81)111-105-35-15-9-29-91(105)93-63-71(47-61-107(93)111)41-39-69-43-49-73(50-44-69)77-53-57-87-89-59-55-79(67-101(89)109(99(87)65-77)95-31-11-5-25-83(95)84-26-6-12-32-96(84)109)80-56-60-90-88-58-54-78(66-100(88)110(102(90)68-80)97-33-13-7-27-85(97)86-28-8-14-34-98(86)110)74-51-45-70(46-52-74)40-42-72-48-62-108-94(64-72)92-30-10-16-36-106(92)112(108)104-38-18-22-76-20-2-4-24-82(76)104/h1-68H/b41-39+,42-40+. The Kier molecular flexibility index (Phi) is 13.4. The van der Waals surface area contributed by atoms with Crippen molar-refractivity contribution >= 4 is 89.5 Å². The van der Waals surface area contributed by atoms with E-state index in [9.17, 15) is 0 Å². The van der Waals surface area contributed by atoms with Crippen LogP contribution in [0.5, 0.6) is 0 Å². The smallest absolute Gasteiger partial charge is 0.0725 e. The van der Waals surface area contributed by atoms with Gasteiger partial charge in [0, 0.05) is 32.3 Å². The molecule has 2 spiro atoms. The zero-order valence-corrected chi connectivity index (χ0v) is 61.2. The summed E-state index contributed by atoms with van der Waals surface area (Å²) < 4.78 is 4.86. The fourth-order valence-corrected chi connectivity index (χ4v) is 20.5. The third-order valence-electron chi connectivity index (χ3n) is 25.3. The lowest BCUT2D eigenvalue weighted by Gasteiger charge is -2.31. The first-order chi connectivity index (χ1) is 55.5. The summed E-state index contributed by atoms with van der Waals surface area (Å²) in [5.41, 5.74) is 38.9. The molecule has 2 heterocycles. The molecule has 112 heavy (non-hydrogen) atoms. The number of fused-ring (bicyclic) bond motifs is 28. The summed E-state index contributed by atoms with van der Waals surface area (Å²) in [5, 5.41) is 9.95. The zero-order chi connectivity index (χ0) is 73.3. The first kappa shape index (κ1) is 62.6. The van der Waals surface area contributed by atoms with Crippen molar-refractivity contribution in [1.29, 1.82) is 0 Å². The van der Waals surface area contributed by atoms with Gasteiger partial charge in [0.05, 0.1) is 44.3 Å². The first-order valence-corrected chi connectivity index (χ1v) is 39.1. The summed E-state index contributed by atoms with van der Waals surface area (Å²) in [4.78, 5) is 0. The molecule has 0 aliphatic heterocycles. The number of hydrogen-bond acceptors (Lipinski definition) is 0. The molecular formula is C110H68N2. The van der Waals surface area contributed by atoms with Gasteiger partial charge >= 0.3 is 0 Å². The Morgan fingerprint density at radius 1 is 0.170 bits per heavy atom. The molecule has 2 nitrogen and oxygen atoms in total. The fraction of sp³-hybridized carbons (Fsp3) is 0.0182. The van der Waals surface area contributed by atoms with Crippen LogP contribution in [0.15, 0.2) is 388 Å². The van der Waals surface area contributed by atoms with Gasteiger partial charge in [0.2, 0.25) is 0 Å². The van der Waals surface area contributed by atoms with E-state index in [1.165, 1.54) is 210 Å². The van der Waals surface area contributed by atoms with Crippen LogP contribution in [0.3, 0.4) is 0 Å². The Balaban J connectivity index is 0.571. The van der Waals surface area contributed by atoms with Gasteiger partial charge < -0.3 is 9.13 Å². The van der Waals surface area contributed by atoms with E-state index < -0.39 is 10.8 Å². The van der Waals surface area contributed by atoms with Crippen molar-refractivity contribution in [2.45, 2.75) is 10.8 Å². The van der Waals surface area contributed by atoms with Crippen molar-refractivity contribution in [2.24, 2.45) is 0 Å². The summed E-state index contributed by atoms with van der Waals surface area (Å²) in [6, 6.07) is 146. The Hall–Kier alpha value is -14.4. The lowest BCUT2D eigenvalue weighted by Crippen LogP contribution is -2.26. The second-order valence-corrected chi connectivity index (χ2v) is 30.9. The van der Waals surface area contributed by atoms with Crippen molar-refractivity contribution in [1.82, 2.24) is 9.13 Å². The Labute approximate surface area is 649 Å². The molecule has 0 N–H and O–H groups in total. The first-order valence-electron chi connectivity index (χ1n) is 39.1. The molecule has 20 aromatic rings. The summed E-state index contributed by atoms with van der Waals surface area (Å²) in [6.07, 6.45) is 9.03. The van der Waals surface area contributed by atoms with E-state index in [0.717, 1.165) is 11.1 Å². The molecule has 18 aromatic carbocycles. The van der Waals surface area contributed by atoms with Gasteiger partial charge in [0.15, 0.2) is 0 Å². The van der Waals surface area contributed by atoms with Gasteiger partial charge in [0.25, 0.3) is 0 Å². The average molecular weight is 1420 g/mol. The SMILES string of the molecule is C(=C\c1ccc2c(c1)c1ccccc1n2-c1cccc2ccccc12)/c1ccc(-c2ccc3c(c2)C2(c4ccccc4-c4ccccc42)c2cc(-c4ccc5c(c4)C4(c6ccccc6-c6ccccc64)c4cc(-c6ccc(/C=C/c7ccc8c(c7)c7ccccc7n8-c7cccc8ccccc78)cc6)ccc4-5)ccc2-3)cc1. The van der Waals surface area contributed by atoms with E-state index in [-0.39, 0.29) is 0 Å². The minimum Gasteiger partial charge on any atom is -0.309 e. The summed E-state index contributed by atoms with van der Waals surface area (Å²) in [6.45, 7) is 0. The molecule has 0 fully saturated rings. The molecular weight excluding hydrogens is 1350 g/mol. The molecule has 4 aliphatic rings. The minimum atomic E-state index is -0.560. The highest BCUT2D eigenvalue weighted by Gasteiger charge is 2.54. The van der Waals surface area contributed by atoms with Crippen LogP contribution in [-0.4, -0.2) is 9.13 Å². The van der Waals surface area contributed by atoms with Crippen LogP contribution < -0.4 is 0 Å². The molecule has 2 heteroatoms. The van der Waals surface area contributed by atoms with Crippen molar-refractivity contribution in [3.8, 4) is 89.3 Å². The van der Waals surface area contributed by atoms with Crippen LogP contribution in [-0.2, 0) is 10.8 Å². The third-order valence-corrected chi connectivity index (χ3v) is 25.3. The molecule has 0 unspecified atom stereocenters. The highest BCUT2D eigenvalue weighted by molar-refractivity contribution is 6.13. The van der Waals surface area contributed by atoms with Crippen molar-refractivity contribution < 1.29 is 0 Å². The number of para-hydroxylation sites is 2. The lowest BCUT2D eigenvalue weighted by molar-refractivity contribution is 0.793. The number of aromatic nitrogens is 2. The Bertz CT molecular complexity index is 6950. The number of hydrogen-bond donors (Lipinski definition) is 0. The van der Waals surface area contributed by atoms with Gasteiger partial charge in [-0.25, -0.2) is 0 Å². The molecule has 518 valence electrons. The summed E-state index contributed by atoms with van der Waals surface area (Å²) in [7, 11) is 0. The third kappa shape index (κ3) is 8.92. The van der Waals surface area contributed by atoms with E-state index in [0.29, 0.717) is 0 Å². The molecule has 0 amide bonds. The van der Waals surface area contributed by atoms with Gasteiger partial charge in [0.1, 0.15) is 0 Å². The van der Waals surface area contributed by atoms with Gasteiger partial charge in [-0.2, -0.15) is 0 Å². The van der Waals surface area contributed by atoms with Crippen LogP contribution in [0.1, 0.15) is 66.8 Å². The van der Waals surface area contributed by atoms with Gasteiger partial charge in [-0.3, -0.25) is 0 Å². The second-order valence-electron chi connectivity index (χ2n) is 30.9. The molecule has 0 atom stereocenters. The van der Waals surface area contributed by atoms with Crippen LogP contribution in [0, 0.1) is 0 Å². The number of benzene rings is 18. The van der Waals surface area contributed by atoms with E-state index >= 15 is 0 Å². The predicted octanol–water partition coefficient (Wildman–Crippen LogP) is 28.2. The lowest BCUT2D eigenvalue weighted by atomic mass is 9.69. The molecule has 0 saturated heterocycles. The van der Waals surface area contributed by atoms with Gasteiger partial charge in [-0.05, 0) is 228 Å². The predicted molar refractivity (Wildman–Crippen MR) is 470 cm³/mol. The maximum absolute atomic E-state index is 2.56.